The van der Waals surface area contributed by atoms with Crippen molar-refractivity contribution in [3.63, 3.8) is 0 Å². The molecule has 0 heterocycles. The molecule has 2 aromatic carbocycles. The van der Waals surface area contributed by atoms with Crippen molar-refractivity contribution in [2.75, 3.05) is 6.61 Å². The van der Waals surface area contributed by atoms with Gasteiger partial charge in [0.25, 0.3) is 0 Å². The van der Waals surface area contributed by atoms with Crippen molar-refractivity contribution in [1.82, 2.24) is 0 Å². The van der Waals surface area contributed by atoms with Crippen molar-refractivity contribution in [1.29, 1.82) is 0 Å². The lowest BCUT2D eigenvalue weighted by molar-refractivity contribution is 0.288. The smallest absolute Gasteiger partial charge is 0.131 e. The first kappa shape index (κ1) is 14.1. The van der Waals surface area contributed by atoms with Gasteiger partial charge in [0.1, 0.15) is 11.5 Å². The molecule has 1 N–H and O–H groups in total. The standard InChI is InChI=1S/C16H17BrO2/c1-12-15(17)8-3-9-16(12)19-14-7-2-5-13(11-14)6-4-10-18/h2-3,5,7-9,11,18H,4,6,10H2,1H3. The predicted octanol–water partition coefficient (Wildman–Crippen LogP) is 4.47. The van der Waals surface area contributed by atoms with E-state index in [0.29, 0.717) is 0 Å². The molecule has 0 aliphatic rings. The Morgan fingerprint density at radius 1 is 1.16 bits per heavy atom. The van der Waals surface area contributed by atoms with Crippen LogP contribution >= 0.6 is 15.9 Å². The summed E-state index contributed by atoms with van der Waals surface area (Å²) in [5, 5.41) is 8.86. The third kappa shape index (κ3) is 3.82. The number of rotatable bonds is 5. The van der Waals surface area contributed by atoms with Crippen molar-refractivity contribution in [3.8, 4) is 11.5 Å². The Balaban J connectivity index is 2.16. The predicted molar refractivity (Wildman–Crippen MR) is 80.8 cm³/mol. The number of ether oxygens (including phenoxy) is 1. The molecule has 0 saturated carbocycles. The van der Waals surface area contributed by atoms with Gasteiger partial charge >= 0.3 is 0 Å². The van der Waals surface area contributed by atoms with Crippen molar-refractivity contribution < 1.29 is 9.84 Å². The van der Waals surface area contributed by atoms with Crippen LogP contribution < -0.4 is 4.74 Å². The normalized spacial score (nSPS) is 10.5. The monoisotopic (exact) mass is 320 g/mol. The number of hydrogen-bond donors (Lipinski definition) is 1. The van der Waals surface area contributed by atoms with E-state index in [9.17, 15) is 0 Å². The van der Waals surface area contributed by atoms with Gasteiger partial charge in [-0.25, -0.2) is 0 Å². The summed E-state index contributed by atoms with van der Waals surface area (Å²) in [6.07, 6.45) is 1.64. The van der Waals surface area contributed by atoms with Gasteiger partial charge in [0, 0.05) is 16.6 Å². The minimum atomic E-state index is 0.218. The SMILES string of the molecule is Cc1c(Br)cccc1Oc1cccc(CCCO)c1. The minimum Gasteiger partial charge on any atom is -0.457 e. The summed E-state index contributed by atoms with van der Waals surface area (Å²) in [6.45, 7) is 2.24. The molecule has 2 rings (SSSR count). The van der Waals surface area contributed by atoms with Gasteiger partial charge < -0.3 is 9.84 Å². The summed E-state index contributed by atoms with van der Waals surface area (Å²) < 4.78 is 6.96. The number of aliphatic hydroxyl groups excluding tert-OH is 1. The second-order valence-electron chi connectivity index (χ2n) is 4.44. The Labute approximate surface area is 122 Å². The van der Waals surface area contributed by atoms with Crippen molar-refractivity contribution >= 4 is 15.9 Å². The molecule has 0 saturated heterocycles. The van der Waals surface area contributed by atoms with Gasteiger partial charge in [-0.2, -0.15) is 0 Å². The van der Waals surface area contributed by atoms with E-state index in [1.165, 1.54) is 5.56 Å². The minimum absolute atomic E-state index is 0.218. The molecule has 0 aliphatic heterocycles. The quantitative estimate of drug-likeness (QED) is 0.880. The van der Waals surface area contributed by atoms with E-state index >= 15 is 0 Å². The van der Waals surface area contributed by atoms with E-state index in [-0.39, 0.29) is 6.61 Å². The Hall–Kier alpha value is -1.32. The van der Waals surface area contributed by atoms with Crippen LogP contribution in [0.3, 0.4) is 0 Å². The first-order valence-corrected chi connectivity index (χ1v) is 7.13. The molecule has 100 valence electrons. The molecule has 0 atom stereocenters. The molecule has 0 unspecified atom stereocenters. The molecule has 0 amide bonds. The Morgan fingerprint density at radius 3 is 2.74 bits per heavy atom. The Morgan fingerprint density at radius 2 is 1.95 bits per heavy atom. The first-order valence-electron chi connectivity index (χ1n) is 6.33. The van der Waals surface area contributed by atoms with Gasteiger partial charge in [-0.3, -0.25) is 0 Å². The van der Waals surface area contributed by atoms with Crippen LogP contribution in [-0.4, -0.2) is 11.7 Å². The van der Waals surface area contributed by atoms with Crippen LogP contribution in [0.5, 0.6) is 11.5 Å². The zero-order valence-electron chi connectivity index (χ0n) is 10.9. The van der Waals surface area contributed by atoms with E-state index in [4.69, 9.17) is 9.84 Å². The summed E-state index contributed by atoms with van der Waals surface area (Å²) in [6, 6.07) is 13.9. The molecule has 0 fully saturated rings. The van der Waals surface area contributed by atoms with E-state index in [0.717, 1.165) is 34.4 Å². The zero-order chi connectivity index (χ0) is 13.7. The van der Waals surface area contributed by atoms with Crippen molar-refractivity contribution in [2.24, 2.45) is 0 Å². The fraction of sp³-hybridized carbons (Fsp3) is 0.250. The maximum Gasteiger partial charge on any atom is 0.131 e. The lowest BCUT2D eigenvalue weighted by Crippen LogP contribution is -1.92. The van der Waals surface area contributed by atoms with Gasteiger partial charge in [-0.1, -0.05) is 34.1 Å². The van der Waals surface area contributed by atoms with Crippen LogP contribution in [0.2, 0.25) is 0 Å². The van der Waals surface area contributed by atoms with Gasteiger partial charge in [0.15, 0.2) is 0 Å². The van der Waals surface area contributed by atoms with Crippen LogP contribution in [0, 0.1) is 6.92 Å². The van der Waals surface area contributed by atoms with Crippen LogP contribution in [0.1, 0.15) is 17.5 Å². The number of hydrogen-bond acceptors (Lipinski definition) is 2. The van der Waals surface area contributed by atoms with Crippen molar-refractivity contribution in [2.45, 2.75) is 19.8 Å². The van der Waals surface area contributed by atoms with E-state index in [2.05, 4.69) is 22.0 Å². The highest BCUT2D eigenvalue weighted by atomic mass is 79.9. The second-order valence-corrected chi connectivity index (χ2v) is 5.29. The highest BCUT2D eigenvalue weighted by Crippen LogP contribution is 2.30. The fourth-order valence-electron chi connectivity index (χ4n) is 1.87. The molecular formula is C16H17BrO2. The maximum atomic E-state index is 8.86. The molecule has 2 nitrogen and oxygen atoms in total. The lowest BCUT2D eigenvalue weighted by atomic mass is 10.1. The summed E-state index contributed by atoms with van der Waals surface area (Å²) in [5.41, 5.74) is 2.27. The second kappa shape index (κ2) is 6.73. The molecule has 0 aromatic heterocycles. The number of aliphatic hydroxyl groups is 1. The van der Waals surface area contributed by atoms with Gasteiger partial charge in [0.05, 0.1) is 0 Å². The molecule has 3 heteroatoms. The summed E-state index contributed by atoms with van der Waals surface area (Å²) in [5.74, 6) is 1.69. The van der Waals surface area contributed by atoms with Crippen LogP contribution in [-0.2, 0) is 6.42 Å². The molecular weight excluding hydrogens is 304 g/mol. The highest BCUT2D eigenvalue weighted by Gasteiger charge is 2.04. The third-order valence-corrected chi connectivity index (χ3v) is 3.83. The zero-order valence-corrected chi connectivity index (χ0v) is 12.5. The lowest BCUT2D eigenvalue weighted by Gasteiger charge is -2.10. The summed E-state index contributed by atoms with van der Waals surface area (Å²) >= 11 is 3.50. The number of halogens is 1. The van der Waals surface area contributed by atoms with E-state index < -0.39 is 0 Å². The fourth-order valence-corrected chi connectivity index (χ4v) is 2.22. The molecule has 0 bridgehead atoms. The Kier molecular flexibility index (Phi) is 5.00. The summed E-state index contributed by atoms with van der Waals surface area (Å²) in [4.78, 5) is 0. The number of aryl methyl sites for hydroxylation is 1. The molecule has 0 radical (unpaired) electrons. The molecule has 0 aliphatic carbocycles. The van der Waals surface area contributed by atoms with Crippen LogP contribution in [0.15, 0.2) is 46.9 Å². The Bertz CT molecular complexity index is 552. The third-order valence-electron chi connectivity index (χ3n) is 2.97. The number of benzene rings is 2. The topological polar surface area (TPSA) is 29.5 Å². The maximum absolute atomic E-state index is 8.86. The average Bonchev–Trinajstić information content (AvgIpc) is 2.42. The van der Waals surface area contributed by atoms with E-state index in [1.54, 1.807) is 0 Å². The van der Waals surface area contributed by atoms with Crippen molar-refractivity contribution in [3.05, 3.63) is 58.1 Å². The van der Waals surface area contributed by atoms with Gasteiger partial charge in [-0.15, -0.1) is 0 Å². The van der Waals surface area contributed by atoms with Crippen LogP contribution in [0.4, 0.5) is 0 Å². The largest absolute Gasteiger partial charge is 0.457 e. The van der Waals surface area contributed by atoms with Crippen LogP contribution in [0.25, 0.3) is 0 Å². The molecule has 19 heavy (non-hydrogen) atoms. The first-order chi connectivity index (χ1) is 9.20. The average molecular weight is 321 g/mol. The molecule has 0 spiro atoms. The van der Waals surface area contributed by atoms with Gasteiger partial charge in [-0.05, 0) is 49.6 Å². The highest BCUT2D eigenvalue weighted by molar-refractivity contribution is 9.10. The van der Waals surface area contributed by atoms with E-state index in [1.807, 2.05) is 43.3 Å². The molecule has 2 aromatic rings. The van der Waals surface area contributed by atoms with Gasteiger partial charge in [0.2, 0.25) is 0 Å². The summed E-state index contributed by atoms with van der Waals surface area (Å²) in [7, 11) is 0.